The first-order chi connectivity index (χ1) is 14.2. The van der Waals surface area contributed by atoms with Crippen LogP contribution >= 0.6 is 0 Å². The maximum absolute atomic E-state index is 13.6. The van der Waals surface area contributed by atoms with E-state index in [2.05, 4.69) is 30.2 Å². The lowest BCUT2D eigenvalue weighted by Gasteiger charge is -2.08. The summed E-state index contributed by atoms with van der Waals surface area (Å²) in [7, 11) is 0. The number of hydrogen-bond donors (Lipinski definition) is 2. The van der Waals surface area contributed by atoms with Gasteiger partial charge in [-0.3, -0.25) is 9.78 Å². The number of nitrogens with zero attached hydrogens (tertiary/aromatic N) is 4. The number of halogens is 4. The molecule has 3 rings (SSSR count). The zero-order valence-corrected chi connectivity index (χ0v) is 14.8. The fraction of sp³-hybridized carbons (Fsp3) is 0.0556. The molecule has 1 aromatic carbocycles. The maximum atomic E-state index is 13.6. The molecule has 0 aliphatic rings. The van der Waals surface area contributed by atoms with Crippen LogP contribution in [0.4, 0.5) is 17.6 Å². The standard InChI is InChI=1S/C18H11F4N5O3/c19-13-3-2-12(28)5-11(13)7-25-27-17(29)15-9-23-8-14(26-15)10-1-4-16(24-6-10)30-18(20,21)22/h1-9,28H,(H,27,29)/b25-7+. The summed E-state index contributed by atoms with van der Waals surface area (Å²) in [6.07, 6.45) is -0.376. The van der Waals surface area contributed by atoms with Crippen molar-refractivity contribution in [1.29, 1.82) is 0 Å². The molecule has 30 heavy (non-hydrogen) atoms. The van der Waals surface area contributed by atoms with Gasteiger partial charge < -0.3 is 9.84 Å². The van der Waals surface area contributed by atoms with Crippen molar-refractivity contribution >= 4 is 12.1 Å². The lowest BCUT2D eigenvalue weighted by molar-refractivity contribution is -0.276. The Balaban J connectivity index is 1.71. The second-order valence-electron chi connectivity index (χ2n) is 5.63. The van der Waals surface area contributed by atoms with Crippen LogP contribution in [-0.2, 0) is 0 Å². The second kappa shape index (κ2) is 8.51. The number of hydrazone groups is 1. The van der Waals surface area contributed by atoms with Crippen LogP contribution in [0.5, 0.6) is 11.6 Å². The quantitative estimate of drug-likeness (QED) is 0.372. The first-order valence-corrected chi connectivity index (χ1v) is 8.07. The first-order valence-electron chi connectivity index (χ1n) is 8.07. The summed E-state index contributed by atoms with van der Waals surface area (Å²) in [4.78, 5) is 23.6. The van der Waals surface area contributed by atoms with Gasteiger partial charge in [0.1, 0.15) is 17.3 Å². The van der Waals surface area contributed by atoms with Crippen molar-refractivity contribution < 1.29 is 32.2 Å². The number of hydrogen-bond acceptors (Lipinski definition) is 7. The number of carbonyl (C=O) groups is 1. The van der Waals surface area contributed by atoms with E-state index in [-0.39, 0.29) is 28.3 Å². The predicted molar refractivity (Wildman–Crippen MR) is 95.1 cm³/mol. The number of phenols is 1. The minimum atomic E-state index is -4.87. The second-order valence-corrected chi connectivity index (χ2v) is 5.63. The lowest BCUT2D eigenvalue weighted by atomic mass is 10.2. The van der Waals surface area contributed by atoms with Crippen molar-refractivity contribution in [3.63, 3.8) is 0 Å². The van der Waals surface area contributed by atoms with Gasteiger partial charge in [-0.1, -0.05) is 0 Å². The Bertz CT molecular complexity index is 1090. The molecule has 2 heterocycles. The minimum absolute atomic E-state index is 0.0534. The largest absolute Gasteiger partial charge is 0.574 e. The van der Waals surface area contributed by atoms with Gasteiger partial charge in [-0.05, 0) is 24.3 Å². The van der Waals surface area contributed by atoms with Gasteiger partial charge in [0.15, 0.2) is 0 Å². The van der Waals surface area contributed by atoms with Crippen LogP contribution in [0.2, 0.25) is 0 Å². The van der Waals surface area contributed by atoms with E-state index in [1.165, 1.54) is 12.3 Å². The molecular formula is C18H11F4N5O3. The Morgan fingerprint density at radius 2 is 1.97 bits per heavy atom. The number of ether oxygens (including phenoxy) is 1. The topological polar surface area (TPSA) is 110 Å². The molecule has 12 heteroatoms. The highest BCUT2D eigenvalue weighted by atomic mass is 19.4. The van der Waals surface area contributed by atoms with E-state index >= 15 is 0 Å². The third kappa shape index (κ3) is 5.47. The Morgan fingerprint density at radius 3 is 2.67 bits per heavy atom. The van der Waals surface area contributed by atoms with Crippen LogP contribution in [0.25, 0.3) is 11.3 Å². The fourth-order valence-electron chi connectivity index (χ4n) is 2.17. The van der Waals surface area contributed by atoms with Gasteiger partial charge in [0.2, 0.25) is 5.88 Å². The molecule has 0 bridgehead atoms. The summed E-state index contributed by atoms with van der Waals surface area (Å²) in [5.41, 5.74) is 2.37. The van der Waals surface area contributed by atoms with Crippen LogP contribution < -0.4 is 10.2 Å². The van der Waals surface area contributed by atoms with Crippen molar-refractivity contribution in [3.8, 4) is 22.9 Å². The number of aromatic nitrogens is 3. The fourth-order valence-corrected chi connectivity index (χ4v) is 2.17. The van der Waals surface area contributed by atoms with Crippen LogP contribution in [0.1, 0.15) is 16.1 Å². The molecule has 0 saturated heterocycles. The zero-order chi connectivity index (χ0) is 21.7. The molecular weight excluding hydrogens is 410 g/mol. The van der Waals surface area contributed by atoms with E-state index in [0.29, 0.717) is 0 Å². The number of nitrogens with one attached hydrogen (secondary N) is 1. The number of rotatable bonds is 5. The number of benzene rings is 1. The number of alkyl halides is 3. The summed E-state index contributed by atoms with van der Waals surface area (Å²) < 4.78 is 53.8. The number of amides is 1. The number of pyridine rings is 1. The highest BCUT2D eigenvalue weighted by Gasteiger charge is 2.31. The highest BCUT2D eigenvalue weighted by Crippen LogP contribution is 2.23. The van der Waals surface area contributed by atoms with E-state index in [4.69, 9.17) is 0 Å². The number of phenolic OH excluding ortho intramolecular Hbond substituents is 1. The SMILES string of the molecule is O=C(N/N=C/c1cc(O)ccc1F)c1cncc(-c2ccc(OC(F)(F)F)nc2)n1. The van der Waals surface area contributed by atoms with Crippen LogP contribution in [0, 0.1) is 5.82 Å². The predicted octanol–water partition coefficient (Wildman–Crippen LogP) is 3.05. The molecule has 0 aliphatic heterocycles. The lowest BCUT2D eigenvalue weighted by Crippen LogP contribution is -2.19. The van der Waals surface area contributed by atoms with Crippen molar-refractivity contribution in [2.45, 2.75) is 6.36 Å². The van der Waals surface area contributed by atoms with E-state index in [9.17, 15) is 27.5 Å². The Kier molecular flexibility index (Phi) is 5.85. The smallest absolute Gasteiger partial charge is 0.508 e. The molecule has 8 nitrogen and oxygen atoms in total. The normalized spacial score (nSPS) is 11.5. The molecule has 0 fully saturated rings. The Labute approximate surface area is 165 Å². The summed E-state index contributed by atoms with van der Waals surface area (Å²) in [6.45, 7) is 0. The Morgan fingerprint density at radius 1 is 1.17 bits per heavy atom. The van der Waals surface area contributed by atoms with Crippen molar-refractivity contribution in [2.75, 3.05) is 0 Å². The average Bonchev–Trinajstić information content (AvgIpc) is 2.70. The van der Waals surface area contributed by atoms with Crippen LogP contribution in [-0.4, -0.2) is 38.5 Å². The molecule has 0 atom stereocenters. The van der Waals surface area contributed by atoms with Crippen LogP contribution in [0.15, 0.2) is 54.0 Å². The summed E-state index contributed by atoms with van der Waals surface area (Å²) in [5.74, 6) is -2.26. The molecule has 3 aromatic rings. The highest BCUT2D eigenvalue weighted by molar-refractivity contribution is 5.93. The van der Waals surface area contributed by atoms with E-state index < -0.39 is 24.0 Å². The monoisotopic (exact) mass is 421 g/mol. The van der Waals surface area contributed by atoms with Crippen LogP contribution in [0.3, 0.4) is 0 Å². The molecule has 0 spiro atoms. The summed E-state index contributed by atoms with van der Waals surface area (Å²) in [5, 5.41) is 12.9. The molecule has 0 unspecified atom stereocenters. The summed E-state index contributed by atoms with van der Waals surface area (Å²) in [6, 6.07) is 5.56. The number of aromatic hydroxyl groups is 1. The van der Waals surface area contributed by atoms with Crippen molar-refractivity contribution in [1.82, 2.24) is 20.4 Å². The molecule has 2 aromatic heterocycles. The molecule has 2 N–H and O–H groups in total. The van der Waals surface area contributed by atoms with Crippen molar-refractivity contribution in [2.24, 2.45) is 5.10 Å². The third-order valence-corrected chi connectivity index (χ3v) is 3.47. The zero-order valence-electron chi connectivity index (χ0n) is 14.8. The van der Waals surface area contributed by atoms with E-state index in [0.717, 1.165) is 42.9 Å². The average molecular weight is 421 g/mol. The van der Waals surface area contributed by atoms with Gasteiger partial charge in [-0.15, -0.1) is 13.2 Å². The third-order valence-electron chi connectivity index (χ3n) is 3.47. The molecule has 0 saturated carbocycles. The Hall–Kier alpha value is -4.09. The number of carbonyl (C=O) groups excluding carboxylic acids is 1. The van der Waals surface area contributed by atoms with Gasteiger partial charge in [0, 0.05) is 23.4 Å². The van der Waals surface area contributed by atoms with Gasteiger partial charge >= 0.3 is 6.36 Å². The first kappa shape index (κ1) is 20.6. The molecule has 0 aliphatic carbocycles. The van der Waals surface area contributed by atoms with Gasteiger partial charge in [-0.2, -0.15) is 5.10 Å². The van der Waals surface area contributed by atoms with E-state index in [1.807, 2.05) is 0 Å². The van der Waals surface area contributed by atoms with Gasteiger partial charge in [0.05, 0.1) is 24.3 Å². The molecule has 0 radical (unpaired) electrons. The summed E-state index contributed by atoms with van der Waals surface area (Å²) >= 11 is 0. The van der Waals surface area contributed by atoms with Crippen molar-refractivity contribution in [3.05, 3.63) is 66.0 Å². The van der Waals surface area contributed by atoms with Gasteiger partial charge in [-0.25, -0.2) is 19.8 Å². The minimum Gasteiger partial charge on any atom is -0.508 e. The van der Waals surface area contributed by atoms with E-state index in [1.54, 1.807) is 0 Å². The van der Waals surface area contributed by atoms with Gasteiger partial charge in [0.25, 0.3) is 5.91 Å². The maximum Gasteiger partial charge on any atom is 0.574 e. The molecule has 1 amide bonds. The molecule has 154 valence electrons.